The van der Waals surface area contributed by atoms with Crippen molar-refractivity contribution in [2.75, 3.05) is 24.5 Å². The standard InChI is InChI=1S/C17H24BrN3O2/c1-17(2,3)23-16(22)20-9-4-10-21-12(11-20)5-6-13-14(18)7-8-19-15(13)21/h7-8,12H,4-6,9-11H2,1-3H3. The molecule has 2 aliphatic heterocycles. The van der Waals surface area contributed by atoms with Crippen LogP contribution in [0.5, 0.6) is 0 Å². The number of anilines is 1. The molecule has 2 aliphatic rings. The Morgan fingerprint density at radius 3 is 2.91 bits per heavy atom. The normalized spacial score (nSPS) is 21.3. The number of hydrogen-bond acceptors (Lipinski definition) is 4. The van der Waals surface area contributed by atoms with Crippen molar-refractivity contribution in [3.63, 3.8) is 0 Å². The van der Waals surface area contributed by atoms with Gasteiger partial charge in [-0.15, -0.1) is 0 Å². The number of pyridine rings is 1. The van der Waals surface area contributed by atoms with E-state index in [1.807, 2.05) is 37.9 Å². The molecule has 6 heteroatoms. The Kier molecular flexibility index (Phi) is 4.54. The van der Waals surface area contributed by atoms with Crippen molar-refractivity contribution in [2.24, 2.45) is 0 Å². The molecule has 5 nitrogen and oxygen atoms in total. The lowest BCUT2D eigenvalue weighted by Crippen LogP contribution is -2.46. The molecule has 1 aromatic heterocycles. The van der Waals surface area contributed by atoms with Crippen LogP contribution in [-0.2, 0) is 11.2 Å². The molecule has 0 radical (unpaired) electrons. The molecule has 1 fully saturated rings. The Balaban J connectivity index is 1.77. The third-order valence-corrected chi connectivity index (χ3v) is 5.07. The molecule has 3 heterocycles. The number of nitrogens with zero attached hydrogens (tertiary/aromatic N) is 3. The number of hydrogen-bond donors (Lipinski definition) is 0. The van der Waals surface area contributed by atoms with Gasteiger partial charge in [-0.1, -0.05) is 15.9 Å². The van der Waals surface area contributed by atoms with Crippen molar-refractivity contribution >= 4 is 27.8 Å². The van der Waals surface area contributed by atoms with Gasteiger partial charge >= 0.3 is 6.09 Å². The molecule has 126 valence electrons. The van der Waals surface area contributed by atoms with E-state index >= 15 is 0 Å². The van der Waals surface area contributed by atoms with Gasteiger partial charge in [0.05, 0.1) is 0 Å². The highest BCUT2D eigenvalue weighted by Crippen LogP contribution is 2.34. The lowest BCUT2D eigenvalue weighted by atomic mass is 9.98. The molecule has 1 aromatic rings. The highest BCUT2D eigenvalue weighted by molar-refractivity contribution is 9.10. The minimum absolute atomic E-state index is 0.202. The van der Waals surface area contributed by atoms with Gasteiger partial charge in [-0.3, -0.25) is 0 Å². The third-order valence-electron chi connectivity index (χ3n) is 4.33. The predicted octanol–water partition coefficient (Wildman–Crippen LogP) is 3.61. The lowest BCUT2D eigenvalue weighted by Gasteiger charge is -2.38. The van der Waals surface area contributed by atoms with Crippen LogP contribution in [0.3, 0.4) is 0 Å². The van der Waals surface area contributed by atoms with E-state index in [-0.39, 0.29) is 6.09 Å². The summed E-state index contributed by atoms with van der Waals surface area (Å²) in [6, 6.07) is 2.32. The largest absolute Gasteiger partial charge is 0.444 e. The summed E-state index contributed by atoms with van der Waals surface area (Å²) in [5, 5.41) is 0. The van der Waals surface area contributed by atoms with Crippen LogP contribution in [0.1, 0.15) is 39.2 Å². The molecular formula is C17H24BrN3O2. The Hall–Kier alpha value is -1.30. The van der Waals surface area contributed by atoms with E-state index < -0.39 is 5.60 Å². The van der Waals surface area contributed by atoms with Crippen molar-refractivity contribution in [1.29, 1.82) is 0 Å². The molecule has 3 rings (SSSR count). The van der Waals surface area contributed by atoms with Gasteiger partial charge in [0.25, 0.3) is 0 Å². The Bertz CT molecular complexity index is 600. The van der Waals surface area contributed by atoms with Crippen LogP contribution in [0.25, 0.3) is 0 Å². The highest BCUT2D eigenvalue weighted by Gasteiger charge is 2.34. The number of halogens is 1. The second-order valence-corrected chi connectivity index (χ2v) is 8.12. The van der Waals surface area contributed by atoms with Crippen molar-refractivity contribution < 1.29 is 9.53 Å². The topological polar surface area (TPSA) is 45.7 Å². The average Bonchev–Trinajstić information content (AvgIpc) is 2.68. The molecule has 1 unspecified atom stereocenters. The quantitative estimate of drug-likeness (QED) is 0.688. The van der Waals surface area contributed by atoms with Gasteiger partial charge in [-0.2, -0.15) is 0 Å². The van der Waals surface area contributed by atoms with Gasteiger partial charge < -0.3 is 14.5 Å². The summed E-state index contributed by atoms with van der Waals surface area (Å²) in [4.78, 5) is 21.2. The smallest absolute Gasteiger partial charge is 0.410 e. The summed E-state index contributed by atoms with van der Waals surface area (Å²) in [5.41, 5.74) is 0.837. The molecule has 1 atom stereocenters. The maximum absolute atomic E-state index is 12.4. The molecule has 0 N–H and O–H groups in total. The first kappa shape index (κ1) is 16.6. The fourth-order valence-corrected chi connectivity index (χ4v) is 3.82. The number of carbonyl (C=O) groups is 1. The average molecular weight is 382 g/mol. The molecule has 1 saturated heterocycles. The molecule has 0 saturated carbocycles. The molecule has 23 heavy (non-hydrogen) atoms. The minimum Gasteiger partial charge on any atom is -0.444 e. The van der Waals surface area contributed by atoms with Gasteiger partial charge in [-0.25, -0.2) is 9.78 Å². The number of rotatable bonds is 0. The molecule has 0 aliphatic carbocycles. The van der Waals surface area contributed by atoms with Crippen LogP contribution in [0.2, 0.25) is 0 Å². The van der Waals surface area contributed by atoms with Crippen molar-refractivity contribution in [3.8, 4) is 0 Å². The van der Waals surface area contributed by atoms with E-state index in [9.17, 15) is 4.79 Å². The van der Waals surface area contributed by atoms with E-state index in [0.29, 0.717) is 12.6 Å². The maximum atomic E-state index is 12.4. The highest BCUT2D eigenvalue weighted by atomic mass is 79.9. The van der Waals surface area contributed by atoms with Crippen LogP contribution in [0, 0.1) is 0 Å². The molecule has 0 spiro atoms. The van der Waals surface area contributed by atoms with Crippen LogP contribution in [-0.4, -0.2) is 47.3 Å². The minimum atomic E-state index is -0.450. The summed E-state index contributed by atoms with van der Waals surface area (Å²) in [6.45, 7) is 8.11. The zero-order valence-corrected chi connectivity index (χ0v) is 15.6. The Morgan fingerprint density at radius 2 is 2.17 bits per heavy atom. The van der Waals surface area contributed by atoms with Crippen molar-refractivity contribution in [1.82, 2.24) is 9.88 Å². The molecule has 0 aromatic carbocycles. The fraction of sp³-hybridized carbons (Fsp3) is 0.647. The van der Waals surface area contributed by atoms with Gasteiger partial charge in [0, 0.05) is 41.9 Å². The number of fused-ring (bicyclic) bond motifs is 3. The first-order chi connectivity index (χ1) is 10.8. The Morgan fingerprint density at radius 1 is 1.39 bits per heavy atom. The summed E-state index contributed by atoms with van der Waals surface area (Å²) < 4.78 is 6.68. The van der Waals surface area contributed by atoms with E-state index in [0.717, 1.165) is 42.6 Å². The Labute approximate surface area is 146 Å². The molecular weight excluding hydrogens is 358 g/mol. The SMILES string of the molecule is CC(C)(C)OC(=O)N1CCCN2c3nccc(Br)c3CCC2C1. The van der Waals surface area contributed by atoms with Crippen LogP contribution in [0.15, 0.2) is 16.7 Å². The van der Waals surface area contributed by atoms with Gasteiger partial charge in [0.2, 0.25) is 0 Å². The summed E-state index contributed by atoms with van der Waals surface area (Å²) in [5.74, 6) is 1.07. The second kappa shape index (κ2) is 6.30. The second-order valence-electron chi connectivity index (χ2n) is 7.26. The van der Waals surface area contributed by atoms with E-state index in [4.69, 9.17) is 4.74 Å². The first-order valence-corrected chi connectivity index (χ1v) is 9.02. The summed E-state index contributed by atoms with van der Waals surface area (Å²) in [7, 11) is 0. The van der Waals surface area contributed by atoms with Crippen molar-refractivity contribution in [3.05, 3.63) is 22.3 Å². The number of carbonyl (C=O) groups excluding carboxylic acids is 1. The van der Waals surface area contributed by atoms with E-state index in [1.165, 1.54) is 5.56 Å². The van der Waals surface area contributed by atoms with Crippen LogP contribution in [0.4, 0.5) is 10.6 Å². The first-order valence-electron chi connectivity index (χ1n) is 8.23. The van der Waals surface area contributed by atoms with E-state index in [2.05, 4.69) is 25.8 Å². The number of amides is 1. The maximum Gasteiger partial charge on any atom is 0.410 e. The zero-order valence-electron chi connectivity index (χ0n) is 14.0. The van der Waals surface area contributed by atoms with Crippen LogP contribution < -0.4 is 4.90 Å². The number of ether oxygens (including phenoxy) is 1. The van der Waals surface area contributed by atoms with Gasteiger partial charge in [0.15, 0.2) is 0 Å². The predicted molar refractivity (Wildman–Crippen MR) is 93.8 cm³/mol. The monoisotopic (exact) mass is 381 g/mol. The van der Waals surface area contributed by atoms with Crippen molar-refractivity contribution in [2.45, 2.75) is 51.7 Å². The summed E-state index contributed by atoms with van der Waals surface area (Å²) >= 11 is 3.63. The number of aromatic nitrogens is 1. The fourth-order valence-electron chi connectivity index (χ4n) is 3.33. The third kappa shape index (κ3) is 3.62. The molecule has 0 bridgehead atoms. The lowest BCUT2D eigenvalue weighted by molar-refractivity contribution is 0.0248. The van der Waals surface area contributed by atoms with E-state index in [1.54, 1.807) is 0 Å². The summed E-state index contributed by atoms with van der Waals surface area (Å²) in [6.07, 6.45) is 4.61. The van der Waals surface area contributed by atoms with Gasteiger partial charge in [0.1, 0.15) is 11.4 Å². The van der Waals surface area contributed by atoms with Gasteiger partial charge in [-0.05, 0) is 46.1 Å². The molecule has 1 amide bonds. The zero-order chi connectivity index (χ0) is 16.6. The van der Waals surface area contributed by atoms with Crippen LogP contribution >= 0.6 is 15.9 Å².